The van der Waals surface area contributed by atoms with Gasteiger partial charge in [0.15, 0.2) is 11.6 Å². The zero-order valence-electron chi connectivity index (χ0n) is 13.8. The normalized spacial score (nSPS) is 16.8. The molecule has 3 aromatic rings. The zero-order valence-corrected chi connectivity index (χ0v) is 14.6. The van der Waals surface area contributed by atoms with E-state index in [2.05, 4.69) is 6.58 Å². The second kappa shape index (κ2) is 6.14. The molecule has 0 bridgehead atoms. The largest absolute Gasteiger partial charge is 0.479 e. The number of anilines is 1. The number of benzene rings is 3. The van der Waals surface area contributed by atoms with Gasteiger partial charge in [0.1, 0.15) is 6.10 Å². The van der Waals surface area contributed by atoms with Crippen LogP contribution in [-0.2, 0) is 10.0 Å². The smallest absolute Gasteiger partial charge is 0.264 e. The number of ether oxygens (including phenoxy) is 1. The van der Waals surface area contributed by atoms with Crippen LogP contribution in [0.3, 0.4) is 0 Å². The topological polar surface area (TPSA) is 46.6 Å². The number of sulfonamides is 1. The van der Waals surface area contributed by atoms with Crippen LogP contribution in [0.25, 0.3) is 10.8 Å². The molecule has 0 radical (unpaired) electrons. The highest BCUT2D eigenvalue weighted by molar-refractivity contribution is 7.92. The Balaban J connectivity index is 1.87. The number of hydrogen-bond donors (Lipinski definition) is 0. The number of fused-ring (bicyclic) bond motifs is 2. The maximum Gasteiger partial charge on any atom is 0.264 e. The van der Waals surface area contributed by atoms with Crippen LogP contribution >= 0.6 is 0 Å². The molecule has 0 fully saturated rings. The summed E-state index contributed by atoms with van der Waals surface area (Å²) in [7, 11) is -3.89. The van der Waals surface area contributed by atoms with E-state index < -0.39 is 21.9 Å². The number of rotatable bonds is 3. The van der Waals surface area contributed by atoms with E-state index in [0.717, 1.165) is 10.8 Å². The zero-order chi connectivity index (χ0) is 18.3. The van der Waals surface area contributed by atoms with Gasteiger partial charge in [-0.1, -0.05) is 43.0 Å². The minimum atomic E-state index is -3.89. The van der Waals surface area contributed by atoms with E-state index in [9.17, 15) is 12.8 Å². The Labute approximate surface area is 151 Å². The maximum atomic E-state index is 14.2. The summed E-state index contributed by atoms with van der Waals surface area (Å²) in [5.41, 5.74) is 0.191. The fourth-order valence-corrected chi connectivity index (χ4v) is 4.58. The van der Waals surface area contributed by atoms with Gasteiger partial charge in [-0.25, -0.2) is 12.8 Å². The molecule has 0 aromatic heterocycles. The number of halogens is 1. The quantitative estimate of drug-likeness (QED) is 0.653. The third-order valence-electron chi connectivity index (χ3n) is 4.40. The van der Waals surface area contributed by atoms with E-state index in [1.165, 1.54) is 28.6 Å². The first-order valence-corrected chi connectivity index (χ1v) is 9.54. The maximum absolute atomic E-state index is 14.2. The molecule has 0 spiro atoms. The Morgan fingerprint density at radius 1 is 1.08 bits per heavy atom. The van der Waals surface area contributed by atoms with Crippen molar-refractivity contribution in [2.45, 2.75) is 11.0 Å². The molecule has 1 atom stereocenters. The van der Waals surface area contributed by atoms with Crippen LogP contribution in [0.4, 0.5) is 10.1 Å². The van der Waals surface area contributed by atoms with Crippen molar-refractivity contribution in [1.82, 2.24) is 0 Å². The number of hydrogen-bond acceptors (Lipinski definition) is 3. The van der Waals surface area contributed by atoms with Crippen LogP contribution in [-0.4, -0.2) is 21.1 Å². The summed E-state index contributed by atoms with van der Waals surface area (Å²) in [4.78, 5) is 0.149. The minimum absolute atomic E-state index is 0.0368. The highest BCUT2D eigenvalue weighted by Gasteiger charge is 2.35. The summed E-state index contributed by atoms with van der Waals surface area (Å²) in [6.45, 7) is 3.68. The lowest BCUT2D eigenvalue weighted by Crippen LogP contribution is -2.43. The Morgan fingerprint density at radius 3 is 2.62 bits per heavy atom. The standard InChI is InChI=1S/C20H16FNO3S/c1-2-16-13-22(19-9-5-8-18(21)20(19)25-16)26(23,24)17-11-10-14-6-3-4-7-15(14)12-17/h2-12,16H,1,13H2/t16-/m0/s1. The Kier molecular flexibility index (Phi) is 3.92. The second-order valence-corrected chi connectivity index (χ2v) is 7.89. The molecule has 0 aliphatic carbocycles. The van der Waals surface area contributed by atoms with Crippen molar-refractivity contribution in [2.24, 2.45) is 0 Å². The SMILES string of the molecule is C=C[C@H]1CN(S(=O)(=O)c2ccc3ccccc3c2)c2cccc(F)c2O1. The molecule has 1 aliphatic heterocycles. The van der Waals surface area contributed by atoms with Gasteiger partial charge in [0.25, 0.3) is 10.0 Å². The van der Waals surface area contributed by atoms with Gasteiger partial charge in [-0.05, 0) is 41.1 Å². The lowest BCUT2D eigenvalue weighted by Gasteiger charge is -2.34. The molecule has 0 unspecified atom stereocenters. The summed E-state index contributed by atoms with van der Waals surface area (Å²) in [5.74, 6) is -0.680. The molecule has 6 heteroatoms. The van der Waals surface area contributed by atoms with E-state index in [1.807, 2.05) is 24.3 Å². The minimum Gasteiger partial charge on any atom is -0.479 e. The molecular weight excluding hydrogens is 353 g/mol. The van der Waals surface area contributed by atoms with Gasteiger partial charge < -0.3 is 4.74 Å². The first kappa shape index (κ1) is 16.6. The Hall–Kier alpha value is -2.86. The molecular formula is C20H16FNO3S. The van der Waals surface area contributed by atoms with Crippen molar-refractivity contribution >= 4 is 26.5 Å². The van der Waals surface area contributed by atoms with Gasteiger partial charge in [-0.15, -0.1) is 0 Å². The molecule has 132 valence electrons. The highest BCUT2D eigenvalue weighted by atomic mass is 32.2. The third-order valence-corrected chi connectivity index (χ3v) is 6.18. The van der Waals surface area contributed by atoms with Crippen molar-refractivity contribution in [3.8, 4) is 5.75 Å². The van der Waals surface area contributed by atoms with E-state index in [4.69, 9.17) is 4.74 Å². The Bertz CT molecular complexity index is 1110. The van der Waals surface area contributed by atoms with Gasteiger partial charge in [-0.3, -0.25) is 4.31 Å². The summed E-state index contributed by atoms with van der Waals surface area (Å²) in [6.07, 6.45) is 0.841. The van der Waals surface area contributed by atoms with Crippen LogP contribution in [0.15, 0.2) is 78.2 Å². The van der Waals surface area contributed by atoms with Crippen LogP contribution in [0, 0.1) is 5.82 Å². The average molecular weight is 369 g/mol. The molecule has 3 aromatic carbocycles. The number of para-hydroxylation sites is 1. The van der Waals surface area contributed by atoms with Gasteiger partial charge in [0, 0.05) is 0 Å². The molecule has 4 nitrogen and oxygen atoms in total. The van der Waals surface area contributed by atoms with Gasteiger partial charge in [0.2, 0.25) is 0 Å². The molecule has 0 saturated heterocycles. The second-order valence-electron chi connectivity index (χ2n) is 6.03. The van der Waals surface area contributed by atoms with E-state index >= 15 is 0 Å². The van der Waals surface area contributed by atoms with Gasteiger partial charge >= 0.3 is 0 Å². The van der Waals surface area contributed by atoms with Crippen LogP contribution in [0.5, 0.6) is 5.75 Å². The summed E-state index contributed by atoms with van der Waals surface area (Å²) < 4.78 is 47.5. The predicted octanol–water partition coefficient (Wildman–Crippen LogP) is 4.12. The monoisotopic (exact) mass is 369 g/mol. The molecule has 0 amide bonds. The average Bonchev–Trinajstić information content (AvgIpc) is 2.67. The van der Waals surface area contributed by atoms with E-state index in [-0.39, 0.29) is 22.9 Å². The molecule has 26 heavy (non-hydrogen) atoms. The molecule has 0 N–H and O–H groups in total. The van der Waals surface area contributed by atoms with E-state index in [0.29, 0.717) is 0 Å². The lowest BCUT2D eigenvalue weighted by atomic mass is 10.1. The van der Waals surface area contributed by atoms with Crippen LogP contribution < -0.4 is 9.04 Å². The molecule has 4 rings (SSSR count). The Morgan fingerprint density at radius 2 is 1.85 bits per heavy atom. The van der Waals surface area contributed by atoms with Crippen LogP contribution in [0.1, 0.15) is 0 Å². The summed E-state index contributed by atoms with van der Waals surface area (Å²) in [5, 5.41) is 1.77. The van der Waals surface area contributed by atoms with Crippen molar-refractivity contribution in [3.05, 3.63) is 79.1 Å². The summed E-state index contributed by atoms with van der Waals surface area (Å²) in [6, 6.07) is 16.7. The number of nitrogens with zero attached hydrogens (tertiary/aromatic N) is 1. The predicted molar refractivity (Wildman–Crippen MR) is 99.5 cm³/mol. The molecule has 1 heterocycles. The first-order chi connectivity index (χ1) is 12.5. The van der Waals surface area contributed by atoms with E-state index in [1.54, 1.807) is 18.2 Å². The van der Waals surface area contributed by atoms with Crippen molar-refractivity contribution in [1.29, 1.82) is 0 Å². The molecule has 0 saturated carbocycles. The van der Waals surface area contributed by atoms with Crippen LogP contribution in [0.2, 0.25) is 0 Å². The highest BCUT2D eigenvalue weighted by Crippen LogP contribution is 2.39. The fraction of sp³-hybridized carbons (Fsp3) is 0.100. The fourth-order valence-electron chi connectivity index (χ4n) is 3.07. The lowest BCUT2D eigenvalue weighted by molar-refractivity contribution is 0.235. The third kappa shape index (κ3) is 2.63. The first-order valence-electron chi connectivity index (χ1n) is 8.10. The van der Waals surface area contributed by atoms with Crippen molar-refractivity contribution in [2.75, 3.05) is 10.8 Å². The molecule has 1 aliphatic rings. The van der Waals surface area contributed by atoms with Gasteiger partial charge in [0.05, 0.1) is 17.1 Å². The van der Waals surface area contributed by atoms with Crippen molar-refractivity contribution < 1.29 is 17.5 Å². The van der Waals surface area contributed by atoms with Crippen molar-refractivity contribution in [3.63, 3.8) is 0 Å². The summed E-state index contributed by atoms with van der Waals surface area (Å²) >= 11 is 0. The van der Waals surface area contributed by atoms with Gasteiger partial charge in [-0.2, -0.15) is 0 Å².